The van der Waals surface area contributed by atoms with Gasteiger partial charge in [0, 0.05) is 22.7 Å². The number of imide groups is 1. The molecule has 4 aromatic rings. The smallest absolute Gasteiger partial charge is 0.261 e. The molecule has 3 amide bonds. The second kappa shape index (κ2) is 8.16. The highest BCUT2D eigenvalue weighted by Gasteiger charge is 2.36. The first-order valence-corrected chi connectivity index (χ1v) is 10.7. The number of carbonyl (C=O) groups is 3. The SMILES string of the molecule is O=C(Nc1nc(-c2ccccc2)cs1)c1ccc2c(c1)C(=O)N(Cc1ccccn1)C2=O. The molecule has 156 valence electrons. The van der Waals surface area contributed by atoms with E-state index in [4.69, 9.17) is 0 Å². The van der Waals surface area contributed by atoms with Crippen LogP contribution in [0.15, 0.2) is 78.3 Å². The topological polar surface area (TPSA) is 92.3 Å². The molecule has 0 saturated heterocycles. The van der Waals surface area contributed by atoms with Gasteiger partial charge >= 0.3 is 0 Å². The second-order valence-corrected chi connectivity index (χ2v) is 7.99. The third-order valence-electron chi connectivity index (χ3n) is 5.07. The molecule has 1 aliphatic heterocycles. The van der Waals surface area contributed by atoms with Crippen molar-refractivity contribution in [1.82, 2.24) is 14.9 Å². The summed E-state index contributed by atoms with van der Waals surface area (Å²) in [5.74, 6) is -1.23. The zero-order valence-electron chi connectivity index (χ0n) is 16.7. The Hall–Kier alpha value is -4.17. The van der Waals surface area contributed by atoms with Crippen molar-refractivity contribution in [3.63, 3.8) is 0 Å². The number of hydrogen-bond acceptors (Lipinski definition) is 6. The highest BCUT2D eigenvalue weighted by molar-refractivity contribution is 7.14. The third-order valence-corrected chi connectivity index (χ3v) is 5.83. The van der Waals surface area contributed by atoms with Gasteiger partial charge in [-0.2, -0.15) is 0 Å². The molecule has 2 aromatic heterocycles. The molecule has 0 saturated carbocycles. The lowest BCUT2D eigenvalue weighted by molar-refractivity contribution is 0.0640. The number of carbonyl (C=O) groups excluding carboxylic acids is 3. The number of amides is 3. The van der Waals surface area contributed by atoms with Crippen LogP contribution in [0.2, 0.25) is 0 Å². The maximum atomic E-state index is 12.8. The molecule has 3 heterocycles. The van der Waals surface area contributed by atoms with Gasteiger partial charge in [-0.05, 0) is 30.3 Å². The molecule has 1 N–H and O–H groups in total. The van der Waals surface area contributed by atoms with Crippen molar-refractivity contribution in [2.75, 3.05) is 5.32 Å². The number of anilines is 1. The Labute approximate surface area is 187 Å². The van der Waals surface area contributed by atoms with E-state index in [1.807, 2.05) is 35.7 Å². The summed E-state index contributed by atoms with van der Waals surface area (Å²) in [6, 6.07) is 19.5. The fraction of sp³-hybridized carbons (Fsp3) is 0.0417. The predicted octanol–water partition coefficient (Wildman–Crippen LogP) is 4.25. The first-order chi connectivity index (χ1) is 15.6. The number of fused-ring (bicyclic) bond motifs is 1. The molecule has 1 aliphatic rings. The average molecular weight is 440 g/mol. The van der Waals surface area contributed by atoms with Crippen molar-refractivity contribution in [2.24, 2.45) is 0 Å². The minimum atomic E-state index is -0.439. The molecule has 32 heavy (non-hydrogen) atoms. The van der Waals surface area contributed by atoms with Crippen LogP contribution in [0.4, 0.5) is 5.13 Å². The molecule has 5 rings (SSSR count). The van der Waals surface area contributed by atoms with Crippen LogP contribution in [0.25, 0.3) is 11.3 Å². The summed E-state index contributed by atoms with van der Waals surface area (Å²) < 4.78 is 0. The van der Waals surface area contributed by atoms with Crippen molar-refractivity contribution in [2.45, 2.75) is 6.54 Å². The first-order valence-electron chi connectivity index (χ1n) is 9.82. The standard InChI is InChI=1S/C24H16N4O3S/c29-21(27-24-26-20(14-32-24)15-6-2-1-3-7-15)16-9-10-18-19(12-16)23(31)28(22(18)30)13-17-8-4-5-11-25-17/h1-12,14H,13H2,(H,26,27,29). The van der Waals surface area contributed by atoms with Crippen molar-refractivity contribution < 1.29 is 14.4 Å². The molecule has 0 atom stereocenters. The summed E-state index contributed by atoms with van der Waals surface area (Å²) in [5, 5.41) is 5.08. The maximum Gasteiger partial charge on any atom is 0.261 e. The molecule has 0 radical (unpaired) electrons. The Kier molecular flexibility index (Phi) is 5.04. The van der Waals surface area contributed by atoms with Crippen LogP contribution in [0.1, 0.15) is 36.8 Å². The van der Waals surface area contributed by atoms with E-state index >= 15 is 0 Å². The zero-order chi connectivity index (χ0) is 22.1. The fourth-order valence-electron chi connectivity index (χ4n) is 3.47. The molecule has 8 heteroatoms. The van der Waals surface area contributed by atoms with Gasteiger partial charge in [-0.15, -0.1) is 11.3 Å². The Bertz CT molecular complexity index is 1340. The number of thiazole rings is 1. The van der Waals surface area contributed by atoms with Gasteiger partial charge in [0.25, 0.3) is 17.7 Å². The van der Waals surface area contributed by atoms with Crippen LogP contribution in [-0.4, -0.2) is 32.6 Å². The maximum absolute atomic E-state index is 12.8. The minimum Gasteiger partial charge on any atom is -0.298 e. The normalized spacial score (nSPS) is 12.7. The third kappa shape index (κ3) is 3.67. The summed E-state index contributed by atoms with van der Waals surface area (Å²) in [6.07, 6.45) is 1.61. The zero-order valence-corrected chi connectivity index (χ0v) is 17.5. The van der Waals surface area contributed by atoms with Crippen LogP contribution in [-0.2, 0) is 6.54 Å². The van der Waals surface area contributed by atoms with E-state index in [0.29, 0.717) is 10.8 Å². The highest BCUT2D eigenvalue weighted by Crippen LogP contribution is 2.27. The van der Waals surface area contributed by atoms with Gasteiger partial charge in [0.15, 0.2) is 5.13 Å². The number of nitrogens with zero attached hydrogens (tertiary/aromatic N) is 3. The largest absolute Gasteiger partial charge is 0.298 e. The van der Waals surface area contributed by atoms with E-state index in [2.05, 4.69) is 15.3 Å². The summed E-state index contributed by atoms with van der Waals surface area (Å²) in [7, 11) is 0. The van der Waals surface area contributed by atoms with E-state index in [1.165, 1.54) is 29.5 Å². The Morgan fingerprint density at radius 2 is 1.72 bits per heavy atom. The number of aromatic nitrogens is 2. The second-order valence-electron chi connectivity index (χ2n) is 7.14. The van der Waals surface area contributed by atoms with Gasteiger partial charge in [-0.3, -0.25) is 29.6 Å². The van der Waals surface area contributed by atoms with Crippen LogP contribution in [0.3, 0.4) is 0 Å². The molecular weight excluding hydrogens is 424 g/mol. The van der Waals surface area contributed by atoms with Crippen LogP contribution in [0, 0.1) is 0 Å². The lowest BCUT2D eigenvalue weighted by atomic mass is 10.1. The van der Waals surface area contributed by atoms with E-state index in [0.717, 1.165) is 16.2 Å². The number of nitrogens with one attached hydrogen (secondary N) is 1. The number of rotatable bonds is 5. The Morgan fingerprint density at radius 1 is 0.938 bits per heavy atom. The molecule has 0 bridgehead atoms. The lowest BCUT2D eigenvalue weighted by Crippen LogP contribution is -2.29. The number of pyridine rings is 1. The molecular formula is C24H16N4O3S. The molecule has 0 fully saturated rings. The summed E-state index contributed by atoms with van der Waals surface area (Å²) in [4.78, 5) is 48.1. The first kappa shape index (κ1) is 19.8. The highest BCUT2D eigenvalue weighted by atomic mass is 32.1. The van der Waals surface area contributed by atoms with Crippen molar-refractivity contribution in [3.8, 4) is 11.3 Å². The summed E-state index contributed by atoms with van der Waals surface area (Å²) in [5.41, 5.74) is 3.11. The quantitative estimate of drug-likeness (QED) is 0.468. The number of hydrogen-bond donors (Lipinski definition) is 1. The van der Waals surface area contributed by atoms with Crippen LogP contribution < -0.4 is 5.32 Å². The Morgan fingerprint density at radius 3 is 2.50 bits per heavy atom. The lowest BCUT2D eigenvalue weighted by Gasteiger charge is -2.12. The van der Waals surface area contributed by atoms with E-state index < -0.39 is 17.7 Å². The van der Waals surface area contributed by atoms with Gasteiger partial charge < -0.3 is 0 Å². The molecule has 7 nitrogen and oxygen atoms in total. The van der Waals surface area contributed by atoms with Gasteiger partial charge in [-0.25, -0.2) is 4.98 Å². The van der Waals surface area contributed by atoms with Gasteiger partial charge in [0.2, 0.25) is 0 Å². The van der Waals surface area contributed by atoms with E-state index in [9.17, 15) is 14.4 Å². The van der Waals surface area contributed by atoms with Crippen LogP contribution in [0.5, 0.6) is 0 Å². The van der Waals surface area contributed by atoms with Gasteiger partial charge in [-0.1, -0.05) is 36.4 Å². The summed E-state index contributed by atoms with van der Waals surface area (Å²) >= 11 is 1.32. The van der Waals surface area contributed by atoms with E-state index in [1.54, 1.807) is 24.4 Å². The molecule has 0 spiro atoms. The Balaban J connectivity index is 1.34. The van der Waals surface area contributed by atoms with Crippen molar-refractivity contribution in [1.29, 1.82) is 0 Å². The predicted molar refractivity (Wildman–Crippen MR) is 120 cm³/mol. The van der Waals surface area contributed by atoms with Gasteiger partial charge in [0.05, 0.1) is 29.1 Å². The average Bonchev–Trinajstić information content (AvgIpc) is 3.39. The molecule has 2 aromatic carbocycles. The fourth-order valence-corrected chi connectivity index (χ4v) is 4.19. The summed E-state index contributed by atoms with van der Waals surface area (Å²) in [6.45, 7) is 0.0795. The van der Waals surface area contributed by atoms with E-state index in [-0.39, 0.29) is 23.2 Å². The van der Waals surface area contributed by atoms with Crippen LogP contribution >= 0.6 is 11.3 Å². The number of benzene rings is 2. The van der Waals surface area contributed by atoms with Crippen molar-refractivity contribution >= 4 is 34.2 Å². The van der Waals surface area contributed by atoms with Crippen molar-refractivity contribution in [3.05, 3.63) is 101 Å². The minimum absolute atomic E-state index is 0.0795. The monoisotopic (exact) mass is 440 g/mol. The molecule has 0 unspecified atom stereocenters. The molecule has 0 aliphatic carbocycles. The van der Waals surface area contributed by atoms with Gasteiger partial charge in [0.1, 0.15) is 0 Å².